The Bertz CT molecular complexity index is 854. The third-order valence-corrected chi connectivity index (χ3v) is 5.47. The van der Waals surface area contributed by atoms with Crippen LogP contribution >= 0.6 is 0 Å². The first-order chi connectivity index (χ1) is 14.0. The second-order valence-corrected chi connectivity index (χ2v) is 7.44. The topological polar surface area (TPSA) is 77.9 Å². The van der Waals surface area contributed by atoms with Crippen molar-refractivity contribution in [3.05, 3.63) is 71.8 Å². The lowest BCUT2D eigenvalue weighted by molar-refractivity contribution is -0.141. The van der Waals surface area contributed by atoms with Crippen molar-refractivity contribution in [1.29, 1.82) is 0 Å². The molecule has 0 aliphatic carbocycles. The zero-order valence-electron chi connectivity index (χ0n) is 16.5. The number of likely N-dealkylation sites (tertiary alicyclic amines) is 1. The van der Waals surface area contributed by atoms with Crippen LogP contribution in [0.25, 0.3) is 0 Å². The van der Waals surface area contributed by atoms with Crippen molar-refractivity contribution in [2.75, 3.05) is 19.6 Å². The fourth-order valence-electron chi connectivity index (χ4n) is 3.84. The number of amides is 2. The molecule has 2 aromatic rings. The minimum absolute atomic E-state index is 0.0892. The second-order valence-electron chi connectivity index (χ2n) is 7.44. The van der Waals surface area contributed by atoms with Gasteiger partial charge in [0, 0.05) is 45.4 Å². The van der Waals surface area contributed by atoms with Gasteiger partial charge in [-0.15, -0.1) is 0 Å². The third-order valence-electron chi connectivity index (χ3n) is 5.47. The Morgan fingerprint density at radius 3 is 2.21 bits per heavy atom. The lowest BCUT2D eigenvalue weighted by Crippen LogP contribution is -2.35. The zero-order chi connectivity index (χ0) is 20.8. The van der Waals surface area contributed by atoms with E-state index < -0.39 is 11.9 Å². The van der Waals surface area contributed by atoms with E-state index in [4.69, 9.17) is 0 Å². The van der Waals surface area contributed by atoms with Crippen molar-refractivity contribution >= 4 is 17.8 Å². The first-order valence-electron chi connectivity index (χ1n) is 9.80. The van der Waals surface area contributed by atoms with Crippen LogP contribution in [0.15, 0.2) is 60.7 Å². The lowest BCUT2D eigenvalue weighted by Gasteiger charge is -2.23. The van der Waals surface area contributed by atoms with E-state index in [9.17, 15) is 19.5 Å². The molecule has 2 amide bonds. The summed E-state index contributed by atoms with van der Waals surface area (Å²) >= 11 is 0. The molecule has 1 aliphatic rings. The summed E-state index contributed by atoms with van der Waals surface area (Å²) in [4.78, 5) is 39.7. The van der Waals surface area contributed by atoms with Crippen molar-refractivity contribution < 1.29 is 19.5 Å². The van der Waals surface area contributed by atoms with E-state index >= 15 is 0 Å². The van der Waals surface area contributed by atoms with Crippen LogP contribution in [0.5, 0.6) is 0 Å². The number of benzene rings is 2. The van der Waals surface area contributed by atoms with Gasteiger partial charge in [-0.2, -0.15) is 0 Å². The molecule has 1 saturated heterocycles. The quantitative estimate of drug-likeness (QED) is 0.783. The Kier molecular flexibility index (Phi) is 6.65. The predicted octanol–water partition coefficient (Wildman–Crippen LogP) is 2.75. The number of carboxylic acids is 1. The molecule has 0 saturated carbocycles. The van der Waals surface area contributed by atoms with Crippen LogP contribution in [0.2, 0.25) is 0 Å². The van der Waals surface area contributed by atoms with Crippen LogP contribution in [-0.2, 0) is 20.9 Å². The molecule has 1 fully saturated rings. The first kappa shape index (κ1) is 20.6. The zero-order valence-corrected chi connectivity index (χ0v) is 16.5. The fourth-order valence-corrected chi connectivity index (χ4v) is 3.84. The minimum atomic E-state index is -0.886. The van der Waals surface area contributed by atoms with Crippen LogP contribution < -0.4 is 0 Å². The summed E-state index contributed by atoms with van der Waals surface area (Å²) in [6.45, 7) is 2.85. The second kappa shape index (κ2) is 9.37. The van der Waals surface area contributed by atoms with Gasteiger partial charge in [0.25, 0.3) is 0 Å². The number of aliphatic carboxylic acids is 1. The molecule has 152 valence electrons. The highest BCUT2D eigenvalue weighted by atomic mass is 16.4. The third kappa shape index (κ3) is 5.22. The number of hydrogen-bond donors (Lipinski definition) is 1. The molecule has 0 aromatic heterocycles. The molecule has 0 bridgehead atoms. The average molecular weight is 394 g/mol. The summed E-state index contributed by atoms with van der Waals surface area (Å²) in [7, 11) is 0. The minimum Gasteiger partial charge on any atom is -0.481 e. The van der Waals surface area contributed by atoms with Gasteiger partial charge in [0.2, 0.25) is 11.8 Å². The Hall–Kier alpha value is -3.15. The lowest BCUT2D eigenvalue weighted by atomic mass is 9.89. The van der Waals surface area contributed by atoms with E-state index in [1.54, 1.807) is 9.80 Å². The molecule has 2 atom stereocenters. The van der Waals surface area contributed by atoms with Gasteiger partial charge < -0.3 is 14.9 Å². The molecule has 1 N–H and O–H groups in total. The van der Waals surface area contributed by atoms with E-state index in [1.165, 1.54) is 6.92 Å². The maximum Gasteiger partial charge on any atom is 0.308 e. The Labute approximate surface area is 170 Å². The summed E-state index contributed by atoms with van der Waals surface area (Å²) in [6.07, 6.45) is 0.181. The monoisotopic (exact) mass is 394 g/mol. The normalized spacial score (nSPS) is 18.4. The summed E-state index contributed by atoms with van der Waals surface area (Å²) in [5, 5.41) is 9.61. The summed E-state index contributed by atoms with van der Waals surface area (Å²) in [6, 6.07) is 19.1. The van der Waals surface area contributed by atoms with Crippen molar-refractivity contribution in [3.8, 4) is 0 Å². The van der Waals surface area contributed by atoms with Crippen molar-refractivity contribution in [1.82, 2.24) is 9.80 Å². The van der Waals surface area contributed by atoms with Crippen LogP contribution in [0, 0.1) is 5.92 Å². The molecule has 6 nitrogen and oxygen atoms in total. The standard InChI is InChI=1S/C23H26N2O4/c1-17(26)24(14-18-8-4-2-5-9-18)13-12-22(27)25-15-20(21(16-25)23(28)29)19-10-6-3-7-11-19/h2-11,20-21H,12-16H2,1H3,(H,28,29). The largest absolute Gasteiger partial charge is 0.481 e. The smallest absolute Gasteiger partial charge is 0.308 e. The van der Waals surface area contributed by atoms with Gasteiger partial charge >= 0.3 is 5.97 Å². The first-order valence-corrected chi connectivity index (χ1v) is 9.80. The molecular formula is C23H26N2O4. The molecule has 2 unspecified atom stereocenters. The SMILES string of the molecule is CC(=O)N(CCC(=O)N1CC(C(=O)O)C(c2ccccc2)C1)Cc1ccccc1. The maximum atomic E-state index is 12.8. The number of hydrogen-bond acceptors (Lipinski definition) is 3. The van der Waals surface area contributed by atoms with E-state index in [2.05, 4.69) is 0 Å². The van der Waals surface area contributed by atoms with Crippen molar-refractivity contribution in [2.24, 2.45) is 5.92 Å². The molecule has 1 heterocycles. The van der Waals surface area contributed by atoms with E-state index in [0.29, 0.717) is 19.6 Å². The Balaban J connectivity index is 1.62. The number of carbonyl (C=O) groups excluding carboxylic acids is 2. The molecule has 0 radical (unpaired) electrons. The van der Waals surface area contributed by atoms with Crippen molar-refractivity contribution in [2.45, 2.75) is 25.8 Å². The molecule has 1 aliphatic heterocycles. The van der Waals surface area contributed by atoms with E-state index in [0.717, 1.165) is 11.1 Å². The van der Waals surface area contributed by atoms with Gasteiger partial charge in [-0.1, -0.05) is 60.7 Å². The highest BCUT2D eigenvalue weighted by molar-refractivity contribution is 5.80. The highest BCUT2D eigenvalue weighted by Gasteiger charge is 2.40. The summed E-state index contributed by atoms with van der Waals surface area (Å²) < 4.78 is 0. The van der Waals surface area contributed by atoms with Crippen LogP contribution in [0.4, 0.5) is 0 Å². The van der Waals surface area contributed by atoms with E-state index in [-0.39, 0.29) is 30.7 Å². The fraction of sp³-hybridized carbons (Fsp3) is 0.348. The van der Waals surface area contributed by atoms with Crippen LogP contribution in [0.1, 0.15) is 30.4 Å². The molecule has 6 heteroatoms. The van der Waals surface area contributed by atoms with Gasteiger partial charge in [-0.25, -0.2) is 0 Å². The highest BCUT2D eigenvalue weighted by Crippen LogP contribution is 2.33. The summed E-state index contributed by atoms with van der Waals surface area (Å²) in [5.41, 5.74) is 1.94. The van der Waals surface area contributed by atoms with Gasteiger partial charge in [0.15, 0.2) is 0 Å². The van der Waals surface area contributed by atoms with Gasteiger partial charge in [0.1, 0.15) is 0 Å². The number of carbonyl (C=O) groups is 3. The molecule has 2 aromatic carbocycles. The average Bonchev–Trinajstić information content (AvgIpc) is 3.18. The Morgan fingerprint density at radius 2 is 1.62 bits per heavy atom. The van der Waals surface area contributed by atoms with Gasteiger partial charge in [-0.05, 0) is 11.1 Å². The molecule has 0 spiro atoms. The van der Waals surface area contributed by atoms with E-state index in [1.807, 2.05) is 60.7 Å². The van der Waals surface area contributed by atoms with Crippen LogP contribution in [-0.4, -0.2) is 52.3 Å². The van der Waals surface area contributed by atoms with Crippen molar-refractivity contribution in [3.63, 3.8) is 0 Å². The summed E-state index contributed by atoms with van der Waals surface area (Å²) in [5.74, 6) is -1.92. The number of rotatable bonds is 7. The Morgan fingerprint density at radius 1 is 1.00 bits per heavy atom. The van der Waals surface area contributed by atoms with Crippen LogP contribution in [0.3, 0.4) is 0 Å². The number of carboxylic acid groups (broad SMARTS) is 1. The maximum absolute atomic E-state index is 12.8. The molecular weight excluding hydrogens is 368 g/mol. The number of nitrogens with zero attached hydrogens (tertiary/aromatic N) is 2. The van der Waals surface area contributed by atoms with Gasteiger partial charge in [0.05, 0.1) is 5.92 Å². The van der Waals surface area contributed by atoms with Gasteiger partial charge in [-0.3, -0.25) is 14.4 Å². The molecule has 3 rings (SSSR count). The molecule has 29 heavy (non-hydrogen) atoms. The predicted molar refractivity (Wildman–Crippen MR) is 109 cm³/mol.